The Morgan fingerprint density at radius 2 is 2.10 bits per heavy atom. The minimum Gasteiger partial charge on any atom is -0.504 e. The van der Waals surface area contributed by atoms with Crippen LogP contribution >= 0.6 is 22.6 Å². The third-order valence-corrected chi connectivity index (χ3v) is 3.76. The Morgan fingerprint density at radius 3 is 2.67 bits per heavy atom. The third-order valence-electron chi connectivity index (χ3n) is 2.94. The number of phenols is 1. The number of phenolic OH excluding ortho intramolecular Hbond substituents is 1. The molecule has 0 radical (unpaired) electrons. The van der Waals surface area contributed by atoms with E-state index in [0.29, 0.717) is 28.0 Å². The van der Waals surface area contributed by atoms with Crippen molar-refractivity contribution in [2.45, 2.75) is 13.8 Å². The van der Waals surface area contributed by atoms with Gasteiger partial charge in [-0.25, -0.2) is 4.79 Å². The largest absolute Gasteiger partial charge is 0.504 e. The second-order valence-corrected chi connectivity index (χ2v) is 5.48. The van der Waals surface area contributed by atoms with Gasteiger partial charge in [0.2, 0.25) is 0 Å². The molecule has 0 bridgehead atoms. The van der Waals surface area contributed by atoms with Gasteiger partial charge in [0.1, 0.15) is 5.70 Å². The lowest BCUT2D eigenvalue weighted by Gasteiger charge is -2.09. The zero-order valence-electron chi connectivity index (χ0n) is 11.6. The highest BCUT2D eigenvalue weighted by molar-refractivity contribution is 14.1. The normalized spacial score (nSPS) is 16.5. The fourth-order valence-corrected chi connectivity index (χ4v) is 2.59. The number of halogens is 1. The predicted molar refractivity (Wildman–Crippen MR) is 85.9 cm³/mol. The number of carbonyl (C=O) groups is 2. The molecule has 1 heterocycles. The average Bonchev–Trinajstić information content (AvgIpc) is 2.70. The predicted octanol–water partition coefficient (Wildman–Crippen LogP) is 2.31. The van der Waals surface area contributed by atoms with E-state index >= 15 is 0 Å². The molecule has 0 spiro atoms. The highest BCUT2D eigenvalue weighted by Gasteiger charge is 2.32. The lowest BCUT2D eigenvalue weighted by atomic mass is 10.1. The van der Waals surface area contributed by atoms with E-state index in [0.717, 1.165) is 4.90 Å². The van der Waals surface area contributed by atoms with Crippen molar-refractivity contribution in [1.29, 1.82) is 0 Å². The van der Waals surface area contributed by atoms with Crippen molar-refractivity contribution in [1.82, 2.24) is 10.2 Å². The van der Waals surface area contributed by atoms with Crippen LogP contribution in [0.4, 0.5) is 4.79 Å². The number of ether oxygens (including phenoxy) is 1. The number of rotatable bonds is 4. The van der Waals surface area contributed by atoms with Crippen LogP contribution in [0.5, 0.6) is 11.5 Å². The minimum atomic E-state index is -0.424. The van der Waals surface area contributed by atoms with Crippen molar-refractivity contribution < 1.29 is 19.4 Å². The Hall–Kier alpha value is -1.77. The van der Waals surface area contributed by atoms with E-state index in [1.165, 1.54) is 0 Å². The molecule has 6 nitrogen and oxygen atoms in total. The topological polar surface area (TPSA) is 78.9 Å². The number of urea groups is 1. The molecule has 2 N–H and O–H groups in total. The molecule has 0 saturated carbocycles. The molecular formula is C14H15IN2O4. The first kappa shape index (κ1) is 15.6. The second kappa shape index (κ2) is 6.33. The van der Waals surface area contributed by atoms with Gasteiger partial charge < -0.3 is 15.2 Å². The van der Waals surface area contributed by atoms with E-state index in [2.05, 4.69) is 5.32 Å². The molecule has 0 aliphatic carbocycles. The Balaban J connectivity index is 2.37. The molecule has 0 unspecified atom stereocenters. The molecule has 21 heavy (non-hydrogen) atoms. The molecule has 1 fully saturated rings. The Bertz CT molecular complexity index is 628. The minimum absolute atomic E-state index is 0.0663. The summed E-state index contributed by atoms with van der Waals surface area (Å²) in [6, 6.07) is 2.91. The standard InChI is InChI=1S/C14H15IN2O4/c1-3-17-13(19)10(16-14(17)20)6-8-5-9(15)12(18)11(7-8)21-4-2/h5-7,18H,3-4H2,1-2H3,(H,16,20)/b10-6+. The lowest BCUT2D eigenvalue weighted by molar-refractivity contribution is -0.122. The molecule has 3 amide bonds. The summed E-state index contributed by atoms with van der Waals surface area (Å²) in [4.78, 5) is 24.7. The van der Waals surface area contributed by atoms with Crippen LogP contribution in [0.3, 0.4) is 0 Å². The maximum Gasteiger partial charge on any atom is 0.328 e. The zero-order valence-corrected chi connectivity index (χ0v) is 13.8. The molecule has 0 atom stereocenters. The number of imide groups is 1. The lowest BCUT2D eigenvalue weighted by Crippen LogP contribution is -2.30. The second-order valence-electron chi connectivity index (χ2n) is 4.32. The molecule has 7 heteroatoms. The number of nitrogens with one attached hydrogen (secondary N) is 1. The van der Waals surface area contributed by atoms with Crippen LogP contribution in [0.25, 0.3) is 6.08 Å². The van der Waals surface area contributed by atoms with E-state index in [9.17, 15) is 14.7 Å². The molecule has 112 valence electrons. The monoisotopic (exact) mass is 402 g/mol. The van der Waals surface area contributed by atoms with Crippen LogP contribution in [-0.4, -0.2) is 35.1 Å². The van der Waals surface area contributed by atoms with E-state index in [1.807, 2.05) is 29.5 Å². The first-order valence-corrected chi connectivity index (χ1v) is 7.55. The maximum absolute atomic E-state index is 12.0. The molecule has 0 aromatic heterocycles. The van der Waals surface area contributed by atoms with E-state index in [4.69, 9.17) is 4.74 Å². The van der Waals surface area contributed by atoms with Crippen LogP contribution in [0.2, 0.25) is 0 Å². The summed E-state index contributed by atoms with van der Waals surface area (Å²) in [6.07, 6.45) is 1.57. The molecule has 1 aromatic carbocycles. The van der Waals surface area contributed by atoms with Gasteiger partial charge in [0.15, 0.2) is 11.5 Å². The van der Waals surface area contributed by atoms with Crippen LogP contribution in [0.15, 0.2) is 17.8 Å². The number of carbonyl (C=O) groups excluding carboxylic acids is 2. The molecule has 1 aliphatic rings. The van der Waals surface area contributed by atoms with Crippen LogP contribution in [-0.2, 0) is 4.79 Å². The van der Waals surface area contributed by atoms with Gasteiger partial charge in [0.25, 0.3) is 5.91 Å². The summed E-state index contributed by atoms with van der Waals surface area (Å²) >= 11 is 1.98. The first-order valence-electron chi connectivity index (χ1n) is 6.47. The van der Waals surface area contributed by atoms with Crippen molar-refractivity contribution >= 4 is 40.6 Å². The highest BCUT2D eigenvalue weighted by Crippen LogP contribution is 2.33. The van der Waals surface area contributed by atoms with Crippen molar-refractivity contribution in [3.05, 3.63) is 27.0 Å². The number of nitrogens with zero attached hydrogens (tertiary/aromatic N) is 1. The highest BCUT2D eigenvalue weighted by atomic mass is 127. The van der Waals surface area contributed by atoms with Crippen LogP contribution in [0.1, 0.15) is 19.4 Å². The molecule has 1 aliphatic heterocycles. The molecular weight excluding hydrogens is 387 g/mol. The number of hydrogen-bond donors (Lipinski definition) is 2. The van der Waals surface area contributed by atoms with Gasteiger partial charge in [-0.1, -0.05) is 0 Å². The fourth-order valence-electron chi connectivity index (χ4n) is 1.97. The fraction of sp³-hybridized carbons (Fsp3) is 0.286. The van der Waals surface area contributed by atoms with Crippen LogP contribution in [0, 0.1) is 3.57 Å². The number of aromatic hydroxyl groups is 1. The summed E-state index contributed by atoms with van der Waals surface area (Å²) < 4.78 is 5.95. The molecule has 2 rings (SSSR count). The van der Waals surface area contributed by atoms with Gasteiger partial charge in [-0.15, -0.1) is 0 Å². The van der Waals surface area contributed by atoms with Crippen molar-refractivity contribution in [3.63, 3.8) is 0 Å². The SMILES string of the molecule is CCOc1cc(/C=C2/NC(=O)N(CC)C2=O)cc(I)c1O. The molecule has 1 saturated heterocycles. The van der Waals surface area contributed by atoms with Gasteiger partial charge in [0, 0.05) is 6.54 Å². The number of amides is 3. The summed E-state index contributed by atoms with van der Waals surface area (Å²) in [5.41, 5.74) is 0.882. The van der Waals surface area contributed by atoms with Crippen molar-refractivity contribution in [2.24, 2.45) is 0 Å². The quantitative estimate of drug-likeness (QED) is 0.460. The zero-order chi connectivity index (χ0) is 15.6. The number of hydrogen-bond acceptors (Lipinski definition) is 4. The van der Waals surface area contributed by atoms with Gasteiger partial charge in [-0.05, 0) is 60.2 Å². The van der Waals surface area contributed by atoms with E-state index in [1.54, 1.807) is 25.1 Å². The van der Waals surface area contributed by atoms with Gasteiger partial charge in [-0.3, -0.25) is 9.69 Å². The van der Waals surface area contributed by atoms with E-state index < -0.39 is 6.03 Å². The summed E-state index contributed by atoms with van der Waals surface area (Å²) in [5.74, 6) is 0.0560. The van der Waals surface area contributed by atoms with Gasteiger partial charge in [0.05, 0.1) is 10.2 Å². The first-order chi connectivity index (χ1) is 9.97. The summed E-state index contributed by atoms with van der Waals surface area (Å²) in [6.45, 7) is 4.29. The van der Waals surface area contributed by atoms with Gasteiger partial charge in [-0.2, -0.15) is 0 Å². The van der Waals surface area contributed by atoms with Crippen LogP contribution < -0.4 is 10.1 Å². The summed E-state index contributed by atoms with van der Waals surface area (Å²) in [7, 11) is 0. The maximum atomic E-state index is 12.0. The number of benzene rings is 1. The Labute approximate surface area is 135 Å². The van der Waals surface area contributed by atoms with Gasteiger partial charge >= 0.3 is 6.03 Å². The Kier molecular flexibility index (Phi) is 4.71. The van der Waals surface area contributed by atoms with E-state index in [-0.39, 0.29) is 17.4 Å². The number of likely N-dealkylation sites (N-methyl/N-ethyl adjacent to an activating group) is 1. The van der Waals surface area contributed by atoms with Crippen molar-refractivity contribution in [3.8, 4) is 11.5 Å². The average molecular weight is 402 g/mol. The smallest absolute Gasteiger partial charge is 0.328 e. The van der Waals surface area contributed by atoms with Crippen molar-refractivity contribution in [2.75, 3.05) is 13.2 Å². The Morgan fingerprint density at radius 1 is 1.38 bits per heavy atom. The third kappa shape index (κ3) is 3.12. The summed E-state index contributed by atoms with van der Waals surface area (Å²) in [5, 5.41) is 12.4. The molecule has 1 aromatic rings.